The number of hydrogen-bond donors (Lipinski definition) is 0. The van der Waals surface area contributed by atoms with Gasteiger partial charge in [0.1, 0.15) is 11.9 Å². The van der Waals surface area contributed by atoms with E-state index in [0.717, 1.165) is 31.1 Å². The van der Waals surface area contributed by atoms with Crippen LogP contribution < -0.4 is 4.74 Å². The monoisotopic (exact) mass is 261 g/mol. The normalized spacial score (nSPS) is 24.1. The molecular weight excluding hydrogens is 234 g/mol. The quantitative estimate of drug-likeness (QED) is 0.800. The van der Waals surface area contributed by atoms with Crippen molar-refractivity contribution < 1.29 is 4.74 Å². The molecule has 2 atom stereocenters. The van der Waals surface area contributed by atoms with Crippen LogP contribution in [0.3, 0.4) is 0 Å². The molecule has 1 unspecified atom stereocenters. The zero-order chi connectivity index (χ0) is 13.8. The molecule has 19 heavy (non-hydrogen) atoms. The Morgan fingerprint density at radius 3 is 2.53 bits per heavy atom. The van der Waals surface area contributed by atoms with Gasteiger partial charge in [-0.25, -0.2) is 0 Å². The van der Waals surface area contributed by atoms with Gasteiger partial charge in [0.05, 0.1) is 0 Å². The van der Waals surface area contributed by atoms with Gasteiger partial charge >= 0.3 is 0 Å². The average Bonchev–Trinajstić information content (AvgIpc) is 2.70. The Kier molecular flexibility index (Phi) is 4.87. The van der Waals surface area contributed by atoms with Crippen LogP contribution >= 0.6 is 0 Å². The maximum absolute atomic E-state index is 6.12. The van der Waals surface area contributed by atoms with Gasteiger partial charge in [-0.3, -0.25) is 4.90 Å². The number of likely N-dealkylation sites (N-methyl/N-ethyl adjacent to an activating group) is 1. The topological polar surface area (TPSA) is 12.5 Å². The molecular formula is C17H27NO. The third-order valence-electron chi connectivity index (χ3n) is 4.03. The Hall–Kier alpha value is -1.02. The second-order valence-electron chi connectivity index (χ2n) is 6.20. The lowest BCUT2D eigenvalue weighted by Crippen LogP contribution is -2.26. The van der Waals surface area contributed by atoms with Crippen molar-refractivity contribution in [2.45, 2.75) is 52.2 Å². The molecule has 2 rings (SSSR count). The SMILES string of the molecule is CCc1ccc(OC2C[C@@H](CC(C)C)N(C)C2)cc1. The Morgan fingerprint density at radius 1 is 1.26 bits per heavy atom. The van der Waals surface area contributed by atoms with Gasteiger partial charge in [0.2, 0.25) is 0 Å². The van der Waals surface area contributed by atoms with E-state index in [0.29, 0.717) is 12.1 Å². The van der Waals surface area contributed by atoms with Crippen LogP contribution in [0.4, 0.5) is 0 Å². The van der Waals surface area contributed by atoms with Gasteiger partial charge in [-0.15, -0.1) is 0 Å². The molecule has 0 aromatic heterocycles. The van der Waals surface area contributed by atoms with Gasteiger partial charge in [-0.2, -0.15) is 0 Å². The standard InChI is InChI=1S/C17H27NO/c1-5-14-6-8-16(9-7-14)19-17-11-15(10-13(2)3)18(4)12-17/h6-9,13,15,17H,5,10-12H2,1-4H3/t15-,17?/m1/s1. The number of rotatable bonds is 5. The molecule has 0 spiro atoms. The maximum atomic E-state index is 6.12. The summed E-state index contributed by atoms with van der Waals surface area (Å²) in [4.78, 5) is 2.45. The molecule has 0 bridgehead atoms. The summed E-state index contributed by atoms with van der Waals surface area (Å²) in [6.45, 7) is 7.82. The first kappa shape index (κ1) is 14.4. The minimum atomic E-state index is 0.348. The van der Waals surface area contributed by atoms with Crippen LogP contribution in [0.2, 0.25) is 0 Å². The lowest BCUT2D eigenvalue weighted by Gasteiger charge is -2.20. The first-order valence-corrected chi connectivity index (χ1v) is 7.54. The van der Waals surface area contributed by atoms with Crippen LogP contribution in [0, 0.1) is 5.92 Å². The highest BCUT2D eigenvalue weighted by Crippen LogP contribution is 2.25. The fraction of sp³-hybridized carbons (Fsp3) is 0.647. The lowest BCUT2D eigenvalue weighted by molar-refractivity contribution is 0.207. The minimum Gasteiger partial charge on any atom is -0.489 e. The van der Waals surface area contributed by atoms with E-state index in [1.165, 1.54) is 12.0 Å². The summed E-state index contributed by atoms with van der Waals surface area (Å²) in [6.07, 6.45) is 3.86. The number of ether oxygens (including phenoxy) is 1. The van der Waals surface area contributed by atoms with Crippen molar-refractivity contribution in [2.75, 3.05) is 13.6 Å². The lowest BCUT2D eigenvalue weighted by atomic mass is 10.0. The van der Waals surface area contributed by atoms with Crippen molar-refractivity contribution in [1.29, 1.82) is 0 Å². The van der Waals surface area contributed by atoms with E-state index in [4.69, 9.17) is 4.74 Å². The van der Waals surface area contributed by atoms with Gasteiger partial charge in [-0.05, 0) is 43.5 Å². The van der Waals surface area contributed by atoms with Crippen molar-refractivity contribution >= 4 is 0 Å². The Balaban J connectivity index is 1.89. The summed E-state index contributed by atoms with van der Waals surface area (Å²) >= 11 is 0. The number of benzene rings is 1. The second-order valence-corrected chi connectivity index (χ2v) is 6.20. The molecule has 0 amide bonds. The zero-order valence-corrected chi connectivity index (χ0v) is 12.7. The van der Waals surface area contributed by atoms with Crippen LogP contribution in [0.1, 0.15) is 39.2 Å². The van der Waals surface area contributed by atoms with Crippen LogP contribution in [-0.2, 0) is 6.42 Å². The smallest absolute Gasteiger partial charge is 0.119 e. The molecule has 1 aliphatic rings. The second kappa shape index (κ2) is 6.42. The van der Waals surface area contributed by atoms with E-state index in [1.807, 2.05) is 0 Å². The van der Waals surface area contributed by atoms with E-state index >= 15 is 0 Å². The summed E-state index contributed by atoms with van der Waals surface area (Å²) in [5.41, 5.74) is 1.37. The highest BCUT2D eigenvalue weighted by atomic mass is 16.5. The molecule has 0 aliphatic carbocycles. The molecule has 1 aliphatic heterocycles. The first-order chi connectivity index (χ1) is 9.08. The zero-order valence-electron chi connectivity index (χ0n) is 12.7. The van der Waals surface area contributed by atoms with Gasteiger partial charge < -0.3 is 4.74 Å². The fourth-order valence-electron chi connectivity index (χ4n) is 2.93. The summed E-state index contributed by atoms with van der Waals surface area (Å²) in [5.74, 6) is 1.77. The van der Waals surface area contributed by atoms with E-state index in [2.05, 4.69) is 57.0 Å². The molecule has 1 aromatic rings. The largest absolute Gasteiger partial charge is 0.489 e. The predicted octanol–water partition coefficient (Wildman–Crippen LogP) is 3.75. The van der Waals surface area contributed by atoms with Crippen LogP contribution in [0.5, 0.6) is 5.75 Å². The molecule has 0 N–H and O–H groups in total. The summed E-state index contributed by atoms with van der Waals surface area (Å²) in [6, 6.07) is 9.22. The predicted molar refractivity (Wildman–Crippen MR) is 80.7 cm³/mol. The average molecular weight is 261 g/mol. The highest BCUT2D eigenvalue weighted by molar-refractivity contribution is 5.27. The summed E-state index contributed by atoms with van der Waals surface area (Å²) in [7, 11) is 2.22. The number of hydrogen-bond acceptors (Lipinski definition) is 2. The Labute approximate surface area is 117 Å². The summed E-state index contributed by atoms with van der Waals surface area (Å²) in [5, 5.41) is 0. The molecule has 0 saturated carbocycles. The molecule has 2 heteroatoms. The van der Waals surface area contributed by atoms with Crippen LogP contribution in [0.25, 0.3) is 0 Å². The van der Waals surface area contributed by atoms with Gasteiger partial charge in [-0.1, -0.05) is 32.9 Å². The molecule has 2 nitrogen and oxygen atoms in total. The van der Waals surface area contributed by atoms with E-state index in [1.54, 1.807) is 0 Å². The first-order valence-electron chi connectivity index (χ1n) is 7.54. The molecule has 1 fully saturated rings. The summed E-state index contributed by atoms with van der Waals surface area (Å²) < 4.78 is 6.12. The molecule has 1 heterocycles. The van der Waals surface area contributed by atoms with Crippen molar-refractivity contribution in [1.82, 2.24) is 4.90 Å². The van der Waals surface area contributed by atoms with E-state index in [-0.39, 0.29) is 0 Å². The number of aryl methyl sites for hydroxylation is 1. The van der Waals surface area contributed by atoms with E-state index in [9.17, 15) is 0 Å². The Bertz CT molecular complexity index is 385. The molecule has 1 aromatic carbocycles. The van der Waals surface area contributed by atoms with Gasteiger partial charge in [0.15, 0.2) is 0 Å². The van der Waals surface area contributed by atoms with Crippen molar-refractivity contribution in [2.24, 2.45) is 5.92 Å². The van der Waals surface area contributed by atoms with Crippen LogP contribution in [0.15, 0.2) is 24.3 Å². The van der Waals surface area contributed by atoms with E-state index < -0.39 is 0 Å². The van der Waals surface area contributed by atoms with Crippen LogP contribution in [-0.4, -0.2) is 30.6 Å². The van der Waals surface area contributed by atoms with Crippen molar-refractivity contribution in [3.63, 3.8) is 0 Å². The number of likely N-dealkylation sites (tertiary alicyclic amines) is 1. The van der Waals surface area contributed by atoms with Gasteiger partial charge in [0, 0.05) is 19.0 Å². The minimum absolute atomic E-state index is 0.348. The molecule has 106 valence electrons. The fourth-order valence-corrected chi connectivity index (χ4v) is 2.93. The Morgan fingerprint density at radius 2 is 1.95 bits per heavy atom. The molecule has 1 saturated heterocycles. The maximum Gasteiger partial charge on any atom is 0.119 e. The third kappa shape index (κ3) is 3.97. The van der Waals surface area contributed by atoms with Gasteiger partial charge in [0.25, 0.3) is 0 Å². The molecule has 0 radical (unpaired) electrons. The van der Waals surface area contributed by atoms with Crippen molar-refractivity contribution in [3.8, 4) is 5.75 Å². The van der Waals surface area contributed by atoms with Crippen molar-refractivity contribution in [3.05, 3.63) is 29.8 Å². The third-order valence-corrected chi connectivity index (χ3v) is 4.03. The number of nitrogens with zero attached hydrogens (tertiary/aromatic N) is 1. The highest BCUT2D eigenvalue weighted by Gasteiger charge is 2.30.